The fourth-order valence-corrected chi connectivity index (χ4v) is 4.22. The maximum Gasteiger partial charge on any atom is 0.175 e. The van der Waals surface area contributed by atoms with Crippen LogP contribution >= 0.6 is 0 Å². The van der Waals surface area contributed by atoms with Crippen LogP contribution in [0.5, 0.6) is 0 Å². The predicted octanol–water partition coefficient (Wildman–Crippen LogP) is 3.19. The summed E-state index contributed by atoms with van der Waals surface area (Å²) in [7, 11) is -3.15. The molecule has 136 valence electrons. The number of allylic oxidation sites excluding steroid dienone is 1. The van der Waals surface area contributed by atoms with Crippen molar-refractivity contribution in [3.63, 3.8) is 0 Å². The Bertz CT molecular complexity index is 762. The molecule has 0 radical (unpaired) electrons. The zero-order chi connectivity index (χ0) is 17.9. The van der Waals surface area contributed by atoms with E-state index in [0.29, 0.717) is 15.5 Å². The van der Waals surface area contributed by atoms with Crippen molar-refractivity contribution in [3.8, 4) is 0 Å². The Kier molecular flexibility index (Phi) is 5.29. The summed E-state index contributed by atoms with van der Waals surface area (Å²) in [6.45, 7) is 3.72. The van der Waals surface area contributed by atoms with Crippen LogP contribution in [0.4, 0.5) is 0 Å². The van der Waals surface area contributed by atoms with E-state index in [2.05, 4.69) is 18.4 Å². The van der Waals surface area contributed by atoms with Gasteiger partial charge in [0.1, 0.15) is 31.2 Å². The second kappa shape index (κ2) is 7.30. The standard InChI is InChI=1S/C19H28N3O2S/c1-3-22(14-16-9-11-19(12-10-16)25(2,23)24)15-18(13-20-22)21-17-7-5-4-6-8-17/h9-13,15,17,21H,3-8,14H2,1-2H3/q+1. The molecule has 1 unspecified atom stereocenters. The number of hydrogen-bond donors (Lipinski definition) is 1. The summed E-state index contributed by atoms with van der Waals surface area (Å²) in [5, 5.41) is 8.38. The number of sulfone groups is 1. The summed E-state index contributed by atoms with van der Waals surface area (Å²) < 4.78 is 23.7. The lowest BCUT2D eigenvalue weighted by atomic mass is 9.95. The highest BCUT2D eigenvalue weighted by Gasteiger charge is 2.30. The smallest absolute Gasteiger partial charge is 0.175 e. The Morgan fingerprint density at radius 3 is 2.44 bits per heavy atom. The molecule has 0 spiro atoms. The SMILES string of the molecule is CC[N+]1(Cc2ccc(S(C)(=O)=O)cc2)C=C(NC2CCCCC2)C=N1. The topological polar surface area (TPSA) is 58.5 Å². The third-order valence-electron chi connectivity index (χ3n) is 5.14. The highest BCUT2D eigenvalue weighted by molar-refractivity contribution is 7.90. The second-order valence-electron chi connectivity index (χ2n) is 7.19. The summed E-state index contributed by atoms with van der Waals surface area (Å²) in [4.78, 5) is 0.361. The average Bonchev–Trinajstić information content (AvgIpc) is 2.99. The second-order valence-corrected chi connectivity index (χ2v) is 9.20. The van der Waals surface area contributed by atoms with Crippen molar-refractivity contribution in [1.29, 1.82) is 0 Å². The number of nitrogens with one attached hydrogen (secondary N) is 1. The third-order valence-corrected chi connectivity index (χ3v) is 6.27. The minimum Gasteiger partial charge on any atom is -0.377 e. The van der Waals surface area contributed by atoms with Crippen LogP contribution in [-0.2, 0) is 16.4 Å². The van der Waals surface area contributed by atoms with E-state index in [1.165, 1.54) is 38.4 Å². The first-order valence-electron chi connectivity index (χ1n) is 9.11. The van der Waals surface area contributed by atoms with Gasteiger partial charge in [0.25, 0.3) is 0 Å². The largest absolute Gasteiger partial charge is 0.377 e. The van der Waals surface area contributed by atoms with E-state index in [9.17, 15) is 8.42 Å². The van der Waals surface area contributed by atoms with Crippen LogP contribution in [0.2, 0.25) is 0 Å². The van der Waals surface area contributed by atoms with Gasteiger partial charge in [-0.25, -0.2) is 8.42 Å². The zero-order valence-electron chi connectivity index (χ0n) is 15.1. The number of benzene rings is 1. The van der Waals surface area contributed by atoms with Crippen molar-refractivity contribution in [2.45, 2.75) is 56.5 Å². The molecule has 1 aliphatic carbocycles. The third kappa shape index (κ3) is 4.50. The lowest BCUT2D eigenvalue weighted by molar-refractivity contribution is -0.895. The van der Waals surface area contributed by atoms with Crippen LogP contribution in [0, 0.1) is 0 Å². The average molecular weight is 363 g/mol. The van der Waals surface area contributed by atoms with Gasteiger partial charge in [-0.15, -0.1) is 0 Å². The van der Waals surface area contributed by atoms with Crippen LogP contribution in [0.25, 0.3) is 0 Å². The highest BCUT2D eigenvalue weighted by Crippen LogP contribution is 2.24. The van der Waals surface area contributed by atoms with Gasteiger partial charge in [0.2, 0.25) is 0 Å². The van der Waals surface area contributed by atoms with Crippen LogP contribution in [0.1, 0.15) is 44.6 Å². The molecule has 1 saturated carbocycles. The molecule has 0 amide bonds. The molecule has 1 aromatic carbocycles. The summed E-state index contributed by atoms with van der Waals surface area (Å²) in [5.74, 6) is 0. The van der Waals surface area contributed by atoms with E-state index < -0.39 is 9.84 Å². The molecule has 2 aliphatic rings. The van der Waals surface area contributed by atoms with Crippen LogP contribution < -0.4 is 5.32 Å². The first-order chi connectivity index (χ1) is 11.9. The fourth-order valence-electron chi connectivity index (χ4n) is 3.59. The Morgan fingerprint density at radius 2 is 1.84 bits per heavy atom. The fraction of sp³-hybridized carbons (Fsp3) is 0.526. The van der Waals surface area contributed by atoms with E-state index in [4.69, 9.17) is 5.10 Å². The van der Waals surface area contributed by atoms with E-state index in [1.54, 1.807) is 12.1 Å². The molecular weight excluding hydrogens is 334 g/mol. The van der Waals surface area contributed by atoms with Crippen molar-refractivity contribution in [3.05, 3.63) is 41.7 Å². The molecule has 1 atom stereocenters. The van der Waals surface area contributed by atoms with E-state index >= 15 is 0 Å². The Morgan fingerprint density at radius 1 is 1.16 bits per heavy atom. The minimum atomic E-state index is -3.15. The van der Waals surface area contributed by atoms with Gasteiger partial charge in [-0.05, 0) is 31.9 Å². The summed E-state index contributed by atoms with van der Waals surface area (Å²) >= 11 is 0. The number of nitrogens with zero attached hydrogens (tertiary/aromatic N) is 2. The quantitative estimate of drug-likeness (QED) is 0.791. The maximum atomic E-state index is 11.6. The molecule has 0 bridgehead atoms. The van der Waals surface area contributed by atoms with Crippen molar-refractivity contribution in [2.24, 2.45) is 5.10 Å². The molecule has 1 N–H and O–H groups in total. The number of hydrogen-bond acceptors (Lipinski definition) is 4. The van der Waals surface area contributed by atoms with Gasteiger partial charge >= 0.3 is 0 Å². The summed E-state index contributed by atoms with van der Waals surface area (Å²) in [6.07, 6.45) is 11.8. The van der Waals surface area contributed by atoms with E-state index in [-0.39, 0.29) is 0 Å². The maximum absolute atomic E-state index is 11.6. The van der Waals surface area contributed by atoms with Gasteiger partial charge in [0.15, 0.2) is 9.84 Å². The first-order valence-corrected chi connectivity index (χ1v) is 11.0. The zero-order valence-corrected chi connectivity index (χ0v) is 15.9. The number of rotatable bonds is 6. The molecule has 3 rings (SSSR count). The molecule has 0 aromatic heterocycles. The van der Waals surface area contributed by atoms with Crippen LogP contribution in [0.3, 0.4) is 0 Å². The molecular formula is C19H28N3O2S+. The highest BCUT2D eigenvalue weighted by atomic mass is 32.2. The minimum absolute atomic E-state index is 0.361. The molecule has 5 nitrogen and oxygen atoms in total. The molecule has 1 heterocycles. The predicted molar refractivity (Wildman–Crippen MR) is 101 cm³/mol. The molecule has 0 saturated heterocycles. The Hall–Kier alpha value is -1.66. The van der Waals surface area contributed by atoms with Crippen LogP contribution in [0.15, 0.2) is 46.2 Å². The lowest BCUT2D eigenvalue weighted by Gasteiger charge is -2.25. The van der Waals surface area contributed by atoms with Crippen molar-refractivity contribution in [2.75, 3.05) is 12.8 Å². The van der Waals surface area contributed by atoms with Crippen LogP contribution in [-0.4, -0.2) is 38.1 Å². The molecule has 1 aromatic rings. The van der Waals surface area contributed by atoms with Gasteiger partial charge in [0.05, 0.1) is 4.90 Å². The molecule has 1 aliphatic heterocycles. The first kappa shape index (κ1) is 18.1. The van der Waals surface area contributed by atoms with Gasteiger partial charge in [0, 0.05) is 17.9 Å². The van der Waals surface area contributed by atoms with Gasteiger partial charge in [-0.1, -0.05) is 36.5 Å². The molecule has 1 fully saturated rings. The molecule has 6 heteroatoms. The van der Waals surface area contributed by atoms with Crippen molar-refractivity contribution in [1.82, 2.24) is 5.32 Å². The van der Waals surface area contributed by atoms with Gasteiger partial charge < -0.3 is 5.32 Å². The molecule has 25 heavy (non-hydrogen) atoms. The number of quaternary nitrogens is 1. The monoisotopic (exact) mass is 362 g/mol. The Labute approximate surface area is 150 Å². The normalized spacial score (nSPS) is 24.3. The van der Waals surface area contributed by atoms with Gasteiger partial charge in [-0.2, -0.15) is 4.59 Å². The lowest BCUT2D eigenvalue weighted by Crippen LogP contribution is -2.35. The van der Waals surface area contributed by atoms with Crippen molar-refractivity contribution >= 4 is 16.1 Å². The summed E-state index contributed by atoms with van der Waals surface area (Å²) in [6, 6.07) is 7.71. The summed E-state index contributed by atoms with van der Waals surface area (Å²) in [5.41, 5.74) is 2.20. The van der Waals surface area contributed by atoms with Crippen molar-refractivity contribution < 1.29 is 13.0 Å². The Balaban J connectivity index is 1.70. The van der Waals surface area contributed by atoms with Gasteiger partial charge in [-0.3, -0.25) is 0 Å². The van der Waals surface area contributed by atoms with E-state index in [1.807, 2.05) is 18.3 Å². The van der Waals surface area contributed by atoms with E-state index in [0.717, 1.165) is 24.4 Å².